The molecule has 0 radical (unpaired) electrons. The van der Waals surface area contributed by atoms with Gasteiger partial charge in [-0.25, -0.2) is 14.2 Å². The highest BCUT2D eigenvalue weighted by molar-refractivity contribution is 7.99. The summed E-state index contributed by atoms with van der Waals surface area (Å²) in [6.07, 6.45) is 4.79. The van der Waals surface area contributed by atoms with Crippen molar-refractivity contribution in [3.63, 3.8) is 0 Å². The molecule has 0 bridgehead atoms. The van der Waals surface area contributed by atoms with Crippen molar-refractivity contribution in [3.05, 3.63) is 34.1 Å². The topological polar surface area (TPSA) is 107 Å². The molecule has 156 valence electrons. The molecule has 1 amide bonds. The van der Waals surface area contributed by atoms with Gasteiger partial charge in [-0.2, -0.15) is 11.8 Å². The highest BCUT2D eigenvalue weighted by Crippen LogP contribution is 2.32. The number of rotatable bonds is 7. The third-order valence-corrected chi connectivity index (χ3v) is 6.71. The second-order valence-corrected chi connectivity index (χ2v) is 9.00. The quantitative estimate of drug-likeness (QED) is 0.709. The Bertz CT molecular complexity index is 955. The zero-order valence-electron chi connectivity index (χ0n) is 16.0. The van der Waals surface area contributed by atoms with E-state index >= 15 is 0 Å². The Morgan fingerprint density at radius 1 is 1.24 bits per heavy atom. The van der Waals surface area contributed by atoms with Crippen molar-refractivity contribution < 1.29 is 18.7 Å². The highest BCUT2D eigenvalue weighted by Gasteiger charge is 2.24. The van der Waals surface area contributed by atoms with Crippen molar-refractivity contribution in [2.75, 3.05) is 6.61 Å². The summed E-state index contributed by atoms with van der Waals surface area (Å²) in [5.74, 6) is 1.38. The van der Waals surface area contributed by atoms with Crippen LogP contribution < -0.4 is 16.0 Å². The number of benzene rings is 1. The van der Waals surface area contributed by atoms with Crippen LogP contribution in [-0.2, 0) is 10.5 Å². The molecule has 4 rings (SSSR count). The molecule has 2 aromatic rings. The van der Waals surface area contributed by atoms with Crippen LogP contribution in [0.1, 0.15) is 44.3 Å². The largest absolute Gasteiger partial charge is 0.493 e. The van der Waals surface area contributed by atoms with Crippen molar-refractivity contribution in [2.45, 2.75) is 55.6 Å². The Morgan fingerprint density at radius 2 is 2.00 bits per heavy atom. The van der Waals surface area contributed by atoms with Gasteiger partial charge in [0.15, 0.2) is 0 Å². The number of H-pyrrole nitrogens is 1. The van der Waals surface area contributed by atoms with E-state index in [1.165, 1.54) is 6.07 Å². The summed E-state index contributed by atoms with van der Waals surface area (Å²) in [7, 11) is 0. The Kier molecular flexibility index (Phi) is 5.94. The summed E-state index contributed by atoms with van der Waals surface area (Å²) in [6.45, 7) is 0.568. The van der Waals surface area contributed by atoms with E-state index in [4.69, 9.17) is 15.2 Å². The van der Waals surface area contributed by atoms with Gasteiger partial charge in [-0.15, -0.1) is 0 Å². The van der Waals surface area contributed by atoms with Gasteiger partial charge in [0.1, 0.15) is 28.9 Å². The normalized spacial score (nSPS) is 21.8. The fraction of sp³-hybridized carbons (Fsp3) is 0.550. The van der Waals surface area contributed by atoms with Crippen molar-refractivity contribution in [1.29, 1.82) is 0 Å². The van der Waals surface area contributed by atoms with Gasteiger partial charge in [-0.1, -0.05) is 0 Å². The van der Waals surface area contributed by atoms with Crippen LogP contribution in [0.4, 0.5) is 9.18 Å². The molecule has 7 nitrogen and oxygen atoms in total. The second-order valence-electron chi connectivity index (χ2n) is 7.71. The minimum Gasteiger partial charge on any atom is -0.493 e. The number of nitrogens with one attached hydrogen (secondary N) is 1. The molecule has 2 aliphatic rings. The van der Waals surface area contributed by atoms with Crippen molar-refractivity contribution >= 4 is 28.8 Å². The first-order chi connectivity index (χ1) is 14.0. The molecule has 29 heavy (non-hydrogen) atoms. The number of hydrogen-bond acceptors (Lipinski definition) is 6. The van der Waals surface area contributed by atoms with Crippen LogP contribution in [0.5, 0.6) is 5.75 Å². The van der Waals surface area contributed by atoms with Crippen LogP contribution in [0.3, 0.4) is 0 Å². The first-order valence-electron chi connectivity index (χ1n) is 9.91. The number of nitrogens with zero attached hydrogens (tertiary/aromatic N) is 1. The second kappa shape index (κ2) is 8.61. The lowest BCUT2D eigenvalue weighted by atomic mass is 9.97. The van der Waals surface area contributed by atoms with Crippen molar-refractivity contribution in [1.82, 2.24) is 9.97 Å². The fourth-order valence-electron chi connectivity index (χ4n) is 3.58. The van der Waals surface area contributed by atoms with E-state index in [2.05, 4.69) is 9.97 Å². The van der Waals surface area contributed by atoms with E-state index in [0.29, 0.717) is 40.6 Å². The molecule has 0 atom stereocenters. The Balaban J connectivity index is 1.41. The number of nitrogens with two attached hydrogens (primary N) is 1. The molecule has 1 heterocycles. The number of carbonyl (C=O) groups excluding carboxylic acids is 1. The van der Waals surface area contributed by atoms with Gasteiger partial charge in [0.2, 0.25) is 0 Å². The molecule has 2 fully saturated rings. The van der Waals surface area contributed by atoms with Gasteiger partial charge in [0, 0.05) is 17.4 Å². The van der Waals surface area contributed by atoms with Crippen LogP contribution in [0, 0.1) is 11.7 Å². The number of aromatic nitrogens is 2. The molecule has 9 heteroatoms. The first kappa shape index (κ1) is 20.0. The van der Waals surface area contributed by atoms with Gasteiger partial charge in [0.05, 0.1) is 17.9 Å². The number of ether oxygens (including phenoxy) is 2. The third kappa shape index (κ3) is 5.20. The van der Waals surface area contributed by atoms with Crippen LogP contribution in [0.15, 0.2) is 16.9 Å². The zero-order valence-corrected chi connectivity index (χ0v) is 16.8. The lowest BCUT2D eigenvalue weighted by molar-refractivity contribution is 0.0839. The van der Waals surface area contributed by atoms with E-state index in [-0.39, 0.29) is 11.5 Å². The Labute approximate surface area is 171 Å². The zero-order chi connectivity index (χ0) is 20.4. The minimum atomic E-state index is -0.730. The first-order valence-corrected chi connectivity index (χ1v) is 11.0. The van der Waals surface area contributed by atoms with E-state index < -0.39 is 17.5 Å². The van der Waals surface area contributed by atoms with Crippen molar-refractivity contribution in [3.8, 4) is 5.75 Å². The summed E-state index contributed by atoms with van der Waals surface area (Å²) in [5.41, 5.74) is 4.90. The van der Waals surface area contributed by atoms with Crippen LogP contribution in [-0.4, -0.2) is 34.0 Å². The third-order valence-electron chi connectivity index (χ3n) is 5.33. The monoisotopic (exact) mass is 421 g/mol. The van der Waals surface area contributed by atoms with E-state index in [1.54, 1.807) is 17.8 Å². The molecule has 0 saturated heterocycles. The molecule has 0 aliphatic heterocycles. The summed E-state index contributed by atoms with van der Waals surface area (Å²) in [5, 5.41) is 0.343. The number of halogens is 1. The van der Waals surface area contributed by atoms with Gasteiger partial charge in [0.25, 0.3) is 5.56 Å². The summed E-state index contributed by atoms with van der Waals surface area (Å²) < 4.78 is 25.1. The number of aromatic amines is 1. The van der Waals surface area contributed by atoms with Gasteiger partial charge in [-0.3, -0.25) is 4.79 Å². The average molecular weight is 421 g/mol. The predicted octanol–water partition coefficient (Wildman–Crippen LogP) is 3.49. The number of carbonyl (C=O) groups is 1. The van der Waals surface area contributed by atoms with Crippen LogP contribution in [0.2, 0.25) is 0 Å². The number of hydrogen-bond donors (Lipinski definition) is 2. The molecule has 2 saturated carbocycles. The number of amides is 1. The molecule has 1 aromatic carbocycles. The van der Waals surface area contributed by atoms with Gasteiger partial charge in [-0.05, 0) is 44.4 Å². The number of thioether (sulfide) groups is 1. The molecular weight excluding hydrogens is 397 g/mol. The minimum absolute atomic E-state index is 0.0402. The molecular formula is C20H24FN3O4S. The summed E-state index contributed by atoms with van der Waals surface area (Å²) in [4.78, 5) is 30.3. The predicted molar refractivity (Wildman–Crippen MR) is 109 cm³/mol. The Hall–Kier alpha value is -2.29. The lowest BCUT2D eigenvalue weighted by Gasteiger charge is -2.27. The van der Waals surface area contributed by atoms with Gasteiger partial charge >= 0.3 is 6.09 Å². The van der Waals surface area contributed by atoms with E-state index in [0.717, 1.165) is 38.5 Å². The smallest absolute Gasteiger partial charge is 0.404 e. The SMILES string of the molecule is NC(=O)OC1CCC(SCc2nc3cc(OCC4CC4)cc(F)c3c(=O)[nH]2)CC1. The van der Waals surface area contributed by atoms with Gasteiger partial charge < -0.3 is 20.2 Å². The van der Waals surface area contributed by atoms with Crippen LogP contribution in [0.25, 0.3) is 10.9 Å². The Morgan fingerprint density at radius 3 is 2.69 bits per heavy atom. The summed E-state index contributed by atoms with van der Waals surface area (Å²) >= 11 is 1.69. The fourth-order valence-corrected chi connectivity index (χ4v) is 4.71. The molecule has 1 aromatic heterocycles. The number of primary amides is 1. The van der Waals surface area contributed by atoms with Crippen LogP contribution >= 0.6 is 11.8 Å². The molecule has 0 spiro atoms. The number of fused-ring (bicyclic) bond motifs is 1. The average Bonchev–Trinajstić information content (AvgIpc) is 3.49. The maximum Gasteiger partial charge on any atom is 0.404 e. The standard InChI is InChI=1S/C20H24FN3O4S/c21-15-7-13(27-9-11-1-2-11)8-16-18(15)19(25)24-17(23-16)10-29-14-5-3-12(4-6-14)28-20(22)26/h7-8,11-12,14H,1-6,9-10H2,(H2,22,26)(H,23,24,25). The highest BCUT2D eigenvalue weighted by atomic mass is 32.2. The van der Waals surface area contributed by atoms with E-state index in [9.17, 15) is 14.0 Å². The summed E-state index contributed by atoms with van der Waals surface area (Å²) in [6, 6.07) is 2.89. The molecule has 3 N–H and O–H groups in total. The van der Waals surface area contributed by atoms with E-state index in [1.807, 2.05) is 0 Å². The molecule has 0 unspecified atom stereocenters. The maximum absolute atomic E-state index is 14.4. The molecule has 2 aliphatic carbocycles. The van der Waals surface area contributed by atoms with Crippen molar-refractivity contribution in [2.24, 2.45) is 11.7 Å². The maximum atomic E-state index is 14.4. The lowest BCUT2D eigenvalue weighted by Crippen LogP contribution is -2.28.